The second-order valence-corrected chi connectivity index (χ2v) is 4.75. The van der Waals surface area contributed by atoms with Gasteiger partial charge in [-0.25, -0.2) is 5.43 Å². The van der Waals surface area contributed by atoms with Crippen molar-refractivity contribution in [3.8, 4) is 17.2 Å². The number of aromatic hydroxyl groups is 1. The SMILES string of the molecule is COc1cccc(/C=N/NC(=O)c2cccc(C)c2O)c1OC. The Hall–Kier alpha value is -3.02. The highest BCUT2D eigenvalue weighted by Gasteiger charge is 2.12. The summed E-state index contributed by atoms with van der Waals surface area (Å²) in [5.41, 5.74) is 3.82. The fourth-order valence-electron chi connectivity index (χ4n) is 2.08. The minimum absolute atomic E-state index is 0.0563. The molecule has 0 saturated carbocycles. The predicted molar refractivity (Wildman–Crippen MR) is 87.5 cm³/mol. The average Bonchev–Trinajstić information content (AvgIpc) is 2.56. The number of carbonyl (C=O) groups excluding carboxylic acids is 1. The van der Waals surface area contributed by atoms with Crippen molar-refractivity contribution in [3.05, 3.63) is 53.1 Å². The molecule has 0 unspecified atom stereocenters. The number of hydrogen-bond acceptors (Lipinski definition) is 5. The summed E-state index contributed by atoms with van der Waals surface area (Å²) >= 11 is 0. The van der Waals surface area contributed by atoms with Crippen molar-refractivity contribution >= 4 is 12.1 Å². The maximum absolute atomic E-state index is 12.0. The molecule has 23 heavy (non-hydrogen) atoms. The van der Waals surface area contributed by atoms with Crippen molar-refractivity contribution < 1.29 is 19.4 Å². The van der Waals surface area contributed by atoms with Crippen molar-refractivity contribution in [1.82, 2.24) is 5.43 Å². The third-order valence-electron chi connectivity index (χ3n) is 3.29. The van der Waals surface area contributed by atoms with Gasteiger partial charge >= 0.3 is 0 Å². The summed E-state index contributed by atoms with van der Waals surface area (Å²) < 4.78 is 10.5. The van der Waals surface area contributed by atoms with Crippen LogP contribution in [0.15, 0.2) is 41.5 Å². The molecule has 0 fully saturated rings. The smallest absolute Gasteiger partial charge is 0.275 e. The molecule has 0 atom stereocenters. The summed E-state index contributed by atoms with van der Waals surface area (Å²) in [7, 11) is 3.07. The Morgan fingerprint density at radius 3 is 2.61 bits per heavy atom. The van der Waals surface area contributed by atoms with E-state index in [1.165, 1.54) is 19.4 Å². The maximum atomic E-state index is 12.0. The predicted octanol–water partition coefficient (Wildman–Crippen LogP) is 2.48. The molecule has 0 aliphatic rings. The summed E-state index contributed by atoms with van der Waals surface area (Å²) in [6, 6.07) is 10.3. The Morgan fingerprint density at radius 2 is 1.91 bits per heavy atom. The number of phenols is 1. The number of methoxy groups -OCH3 is 2. The number of nitrogens with one attached hydrogen (secondary N) is 1. The molecule has 2 aromatic rings. The van der Waals surface area contributed by atoms with Crippen LogP contribution in [0, 0.1) is 6.92 Å². The Kier molecular flexibility index (Phi) is 5.19. The van der Waals surface area contributed by atoms with E-state index in [0.717, 1.165) is 0 Å². The minimum Gasteiger partial charge on any atom is -0.507 e. The highest BCUT2D eigenvalue weighted by molar-refractivity contribution is 5.97. The van der Waals surface area contributed by atoms with Gasteiger partial charge in [-0.1, -0.05) is 18.2 Å². The van der Waals surface area contributed by atoms with Crippen molar-refractivity contribution in [2.24, 2.45) is 5.10 Å². The minimum atomic E-state index is -0.496. The van der Waals surface area contributed by atoms with Crippen LogP contribution < -0.4 is 14.9 Å². The van der Waals surface area contributed by atoms with E-state index < -0.39 is 5.91 Å². The van der Waals surface area contributed by atoms with Crippen LogP contribution in [0.3, 0.4) is 0 Å². The highest BCUT2D eigenvalue weighted by Crippen LogP contribution is 2.29. The molecule has 0 aliphatic heterocycles. The lowest BCUT2D eigenvalue weighted by Crippen LogP contribution is -2.18. The first kappa shape index (κ1) is 16.4. The molecule has 0 aliphatic carbocycles. The van der Waals surface area contributed by atoms with E-state index in [4.69, 9.17) is 9.47 Å². The van der Waals surface area contributed by atoms with Gasteiger partial charge in [-0.2, -0.15) is 5.10 Å². The first-order valence-electron chi connectivity index (χ1n) is 6.91. The van der Waals surface area contributed by atoms with Gasteiger partial charge < -0.3 is 14.6 Å². The average molecular weight is 314 g/mol. The molecule has 0 spiro atoms. The van der Waals surface area contributed by atoms with Gasteiger partial charge in [0.2, 0.25) is 0 Å². The Balaban J connectivity index is 2.16. The third kappa shape index (κ3) is 3.60. The second kappa shape index (κ2) is 7.31. The number of hydrazone groups is 1. The molecule has 2 aromatic carbocycles. The van der Waals surface area contributed by atoms with Crippen LogP contribution in [0.25, 0.3) is 0 Å². The molecule has 1 amide bonds. The summed E-state index contributed by atoms with van der Waals surface area (Å²) in [5.74, 6) is 0.536. The molecule has 0 radical (unpaired) electrons. The standard InChI is InChI=1S/C17H18N2O4/c1-11-6-4-8-13(15(11)20)17(21)19-18-10-12-7-5-9-14(22-2)16(12)23-3/h4-10,20H,1-3H3,(H,19,21)/b18-10+. The van der Waals surface area contributed by atoms with Gasteiger partial charge in [0.15, 0.2) is 11.5 Å². The van der Waals surface area contributed by atoms with Gasteiger partial charge in [0.1, 0.15) is 5.75 Å². The van der Waals surface area contributed by atoms with Crippen molar-refractivity contribution in [2.45, 2.75) is 6.92 Å². The third-order valence-corrected chi connectivity index (χ3v) is 3.29. The molecule has 0 aromatic heterocycles. The van der Waals surface area contributed by atoms with Gasteiger partial charge in [0, 0.05) is 5.56 Å². The van der Waals surface area contributed by atoms with Crippen LogP contribution in [0.2, 0.25) is 0 Å². The number of phenolic OH excluding ortho intramolecular Hbond substituents is 1. The van der Waals surface area contributed by atoms with Crippen LogP contribution >= 0.6 is 0 Å². The largest absolute Gasteiger partial charge is 0.507 e. The molecule has 0 saturated heterocycles. The Labute approximate surface area is 134 Å². The zero-order valence-corrected chi connectivity index (χ0v) is 13.2. The zero-order valence-electron chi connectivity index (χ0n) is 13.2. The molecule has 0 heterocycles. The number of para-hydroxylation sites is 2. The van der Waals surface area contributed by atoms with Crippen LogP contribution in [0.1, 0.15) is 21.5 Å². The van der Waals surface area contributed by atoms with Crippen molar-refractivity contribution in [2.75, 3.05) is 14.2 Å². The number of ether oxygens (including phenoxy) is 2. The van der Waals surface area contributed by atoms with Crippen molar-refractivity contribution in [1.29, 1.82) is 0 Å². The van der Waals surface area contributed by atoms with E-state index in [0.29, 0.717) is 22.6 Å². The molecule has 0 bridgehead atoms. The quantitative estimate of drug-likeness (QED) is 0.656. The molecule has 6 nitrogen and oxygen atoms in total. The molecule has 6 heteroatoms. The van der Waals surface area contributed by atoms with E-state index in [9.17, 15) is 9.90 Å². The first-order chi connectivity index (χ1) is 11.1. The first-order valence-corrected chi connectivity index (χ1v) is 6.91. The lowest BCUT2D eigenvalue weighted by atomic mass is 10.1. The van der Waals surface area contributed by atoms with E-state index in [1.807, 2.05) is 0 Å². The summed E-state index contributed by atoms with van der Waals surface area (Å²) in [6.45, 7) is 1.72. The fourth-order valence-corrected chi connectivity index (χ4v) is 2.08. The zero-order chi connectivity index (χ0) is 16.8. The van der Waals surface area contributed by atoms with E-state index in [1.54, 1.807) is 44.4 Å². The summed E-state index contributed by atoms with van der Waals surface area (Å²) in [6.07, 6.45) is 1.45. The van der Waals surface area contributed by atoms with Gasteiger partial charge in [0.05, 0.1) is 26.0 Å². The lowest BCUT2D eigenvalue weighted by Gasteiger charge is -2.09. The van der Waals surface area contributed by atoms with Crippen LogP contribution in [0.5, 0.6) is 17.2 Å². The number of benzene rings is 2. The number of hydrogen-bond donors (Lipinski definition) is 2. The van der Waals surface area contributed by atoms with Gasteiger partial charge in [-0.15, -0.1) is 0 Å². The van der Waals surface area contributed by atoms with Crippen molar-refractivity contribution in [3.63, 3.8) is 0 Å². The number of nitrogens with zero attached hydrogens (tertiary/aromatic N) is 1. The number of rotatable bonds is 5. The van der Waals surface area contributed by atoms with Gasteiger partial charge in [0.25, 0.3) is 5.91 Å². The van der Waals surface area contributed by atoms with Crippen LogP contribution in [0.4, 0.5) is 0 Å². The number of aryl methyl sites for hydroxylation is 1. The molecular weight excluding hydrogens is 296 g/mol. The Morgan fingerprint density at radius 1 is 1.17 bits per heavy atom. The van der Waals surface area contributed by atoms with Crippen LogP contribution in [-0.4, -0.2) is 31.4 Å². The molecule has 120 valence electrons. The topological polar surface area (TPSA) is 80.2 Å². The number of amides is 1. The van der Waals surface area contributed by atoms with Gasteiger partial charge in [-0.3, -0.25) is 4.79 Å². The number of carbonyl (C=O) groups is 1. The lowest BCUT2D eigenvalue weighted by molar-refractivity contribution is 0.0952. The monoisotopic (exact) mass is 314 g/mol. The van der Waals surface area contributed by atoms with E-state index >= 15 is 0 Å². The maximum Gasteiger partial charge on any atom is 0.275 e. The second-order valence-electron chi connectivity index (χ2n) is 4.75. The fraction of sp³-hybridized carbons (Fsp3) is 0.176. The highest BCUT2D eigenvalue weighted by atomic mass is 16.5. The van der Waals surface area contributed by atoms with E-state index in [-0.39, 0.29) is 11.3 Å². The Bertz CT molecular complexity index is 741. The molecule has 2 rings (SSSR count). The summed E-state index contributed by atoms with van der Waals surface area (Å²) in [5, 5.41) is 13.8. The van der Waals surface area contributed by atoms with Crippen LogP contribution in [-0.2, 0) is 0 Å². The normalized spacial score (nSPS) is 10.6. The molecular formula is C17H18N2O4. The summed E-state index contributed by atoms with van der Waals surface area (Å²) in [4.78, 5) is 12.0. The van der Waals surface area contributed by atoms with Gasteiger partial charge in [-0.05, 0) is 30.7 Å². The van der Waals surface area contributed by atoms with E-state index in [2.05, 4.69) is 10.5 Å². The molecule has 2 N–H and O–H groups in total.